The highest BCUT2D eigenvalue weighted by Crippen LogP contribution is 2.06. The van der Waals surface area contributed by atoms with Gasteiger partial charge in [0.25, 0.3) is 0 Å². The molecule has 1 unspecified atom stereocenters. The molecule has 1 atom stereocenters. The third-order valence-electron chi connectivity index (χ3n) is 2.61. The highest BCUT2D eigenvalue weighted by Gasteiger charge is 2.03. The van der Waals surface area contributed by atoms with Crippen LogP contribution < -0.4 is 11.1 Å². The second kappa shape index (κ2) is 6.18. The normalized spacial score (nSPS) is 12.5. The first-order valence-corrected chi connectivity index (χ1v) is 5.77. The molecule has 2 heterocycles. The molecule has 0 fully saturated rings. The Bertz CT molecular complexity index is 413. The van der Waals surface area contributed by atoms with Gasteiger partial charge in [-0.2, -0.15) is 0 Å². The van der Waals surface area contributed by atoms with Crippen molar-refractivity contribution >= 4 is 0 Å². The van der Waals surface area contributed by atoms with Crippen molar-refractivity contribution in [2.24, 2.45) is 5.73 Å². The first kappa shape index (κ1) is 11.8. The largest absolute Gasteiger partial charge is 0.469 e. The fourth-order valence-electron chi connectivity index (χ4n) is 1.66. The topological polar surface area (TPSA) is 64.1 Å². The summed E-state index contributed by atoms with van der Waals surface area (Å²) in [5.41, 5.74) is 7.05. The first-order valence-electron chi connectivity index (χ1n) is 5.77. The summed E-state index contributed by atoms with van der Waals surface area (Å²) >= 11 is 0. The van der Waals surface area contributed by atoms with E-state index in [1.54, 1.807) is 18.7 Å². The number of aryl methyl sites for hydroxylation is 1. The van der Waals surface area contributed by atoms with Crippen molar-refractivity contribution in [2.45, 2.75) is 19.0 Å². The molecule has 2 aromatic heterocycles. The van der Waals surface area contributed by atoms with E-state index in [0.717, 1.165) is 30.7 Å². The SMILES string of the molecule is NC(NCCCc1ccco1)c1ccncc1. The van der Waals surface area contributed by atoms with Crippen LogP contribution in [0.3, 0.4) is 0 Å². The van der Waals surface area contributed by atoms with E-state index in [9.17, 15) is 0 Å². The molecule has 0 amide bonds. The van der Waals surface area contributed by atoms with Crippen LogP contribution in [0.5, 0.6) is 0 Å². The average Bonchev–Trinajstić information content (AvgIpc) is 2.88. The molecule has 0 bridgehead atoms. The monoisotopic (exact) mass is 231 g/mol. The molecule has 0 radical (unpaired) electrons. The van der Waals surface area contributed by atoms with Crippen molar-refractivity contribution in [3.05, 3.63) is 54.2 Å². The molecule has 0 aliphatic heterocycles. The van der Waals surface area contributed by atoms with Crippen molar-refractivity contribution in [1.29, 1.82) is 0 Å². The van der Waals surface area contributed by atoms with Crippen LogP contribution >= 0.6 is 0 Å². The van der Waals surface area contributed by atoms with Crippen LogP contribution in [0.1, 0.15) is 23.9 Å². The van der Waals surface area contributed by atoms with Crippen LogP contribution in [0.25, 0.3) is 0 Å². The summed E-state index contributed by atoms with van der Waals surface area (Å²) in [5.74, 6) is 1.02. The van der Waals surface area contributed by atoms with Gasteiger partial charge in [0.05, 0.1) is 12.4 Å². The van der Waals surface area contributed by atoms with Crippen LogP contribution in [-0.4, -0.2) is 11.5 Å². The van der Waals surface area contributed by atoms with Gasteiger partial charge in [-0.3, -0.25) is 10.3 Å². The number of rotatable bonds is 6. The lowest BCUT2D eigenvalue weighted by Crippen LogP contribution is -2.29. The zero-order chi connectivity index (χ0) is 11.9. The molecule has 0 aliphatic rings. The summed E-state index contributed by atoms with van der Waals surface area (Å²) in [5, 5.41) is 3.27. The van der Waals surface area contributed by atoms with Crippen LogP contribution in [0, 0.1) is 0 Å². The van der Waals surface area contributed by atoms with Crippen molar-refractivity contribution in [3.8, 4) is 0 Å². The predicted octanol–water partition coefficient (Wildman–Crippen LogP) is 1.85. The molecule has 0 spiro atoms. The minimum Gasteiger partial charge on any atom is -0.469 e. The fourth-order valence-corrected chi connectivity index (χ4v) is 1.66. The number of nitrogens with zero attached hydrogens (tertiary/aromatic N) is 1. The second-order valence-corrected chi connectivity index (χ2v) is 3.90. The number of pyridine rings is 1. The number of hydrogen-bond acceptors (Lipinski definition) is 4. The standard InChI is InChI=1S/C13H17N3O/c14-13(11-5-8-15-9-6-11)16-7-1-3-12-4-2-10-17-12/h2,4-6,8-10,13,16H,1,3,7,14H2. The predicted molar refractivity (Wildman–Crippen MR) is 66.2 cm³/mol. The molecule has 0 saturated heterocycles. The molecule has 2 aromatic rings. The molecule has 4 nitrogen and oxygen atoms in total. The molecule has 17 heavy (non-hydrogen) atoms. The third-order valence-corrected chi connectivity index (χ3v) is 2.61. The molecular formula is C13H17N3O. The Kier molecular flexibility index (Phi) is 4.30. The van der Waals surface area contributed by atoms with Crippen molar-refractivity contribution in [2.75, 3.05) is 6.54 Å². The van der Waals surface area contributed by atoms with Gasteiger partial charge in [-0.05, 0) is 42.8 Å². The van der Waals surface area contributed by atoms with E-state index in [-0.39, 0.29) is 6.17 Å². The molecule has 0 saturated carbocycles. The Hall–Kier alpha value is -1.65. The van der Waals surface area contributed by atoms with Crippen molar-refractivity contribution < 1.29 is 4.42 Å². The molecule has 2 rings (SSSR count). The molecule has 0 aromatic carbocycles. The molecule has 3 N–H and O–H groups in total. The zero-order valence-electron chi connectivity index (χ0n) is 9.67. The van der Waals surface area contributed by atoms with E-state index in [1.165, 1.54) is 0 Å². The van der Waals surface area contributed by atoms with E-state index in [0.29, 0.717) is 0 Å². The summed E-state index contributed by atoms with van der Waals surface area (Å²) < 4.78 is 5.26. The van der Waals surface area contributed by atoms with E-state index in [2.05, 4.69) is 10.3 Å². The lowest BCUT2D eigenvalue weighted by Gasteiger charge is -2.13. The zero-order valence-corrected chi connectivity index (χ0v) is 9.67. The number of aromatic nitrogens is 1. The lowest BCUT2D eigenvalue weighted by molar-refractivity contribution is 0.482. The molecule has 0 aliphatic carbocycles. The summed E-state index contributed by atoms with van der Waals surface area (Å²) in [6, 6.07) is 7.74. The first-order chi connectivity index (χ1) is 8.36. The summed E-state index contributed by atoms with van der Waals surface area (Å²) in [7, 11) is 0. The summed E-state index contributed by atoms with van der Waals surface area (Å²) in [6.07, 6.45) is 7.01. The van der Waals surface area contributed by atoms with Gasteiger partial charge in [0.2, 0.25) is 0 Å². The van der Waals surface area contributed by atoms with Crippen LogP contribution in [-0.2, 0) is 6.42 Å². The van der Waals surface area contributed by atoms with Gasteiger partial charge >= 0.3 is 0 Å². The van der Waals surface area contributed by atoms with Gasteiger partial charge in [0.15, 0.2) is 0 Å². The molecular weight excluding hydrogens is 214 g/mol. The van der Waals surface area contributed by atoms with Gasteiger partial charge in [-0.25, -0.2) is 0 Å². The average molecular weight is 231 g/mol. The van der Waals surface area contributed by atoms with Crippen LogP contribution in [0.15, 0.2) is 47.3 Å². The maximum absolute atomic E-state index is 5.99. The highest BCUT2D eigenvalue weighted by molar-refractivity contribution is 5.13. The van der Waals surface area contributed by atoms with Crippen molar-refractivity contribution in [3.63, 3.8) is 0 Å². The quantitative estimate of drug-likeness (QED) is 0.588. The van der Waals surface area contributed by atoms with Crippen LogP contribution in [0.4, 0.5) is 0 Å². The minimum atomic E-state index is -0.130. The van der Waals surface area contributed by atoms with Gasteiger partial charge in [0.1, 0.15) is 5.76 Å². The maximum Gasteiger partial charge on any atom is 0.103 e. The Balaban J connectivity index is 1.68. The van der Waals surface area contributed by atoms with E-state index in [1.807, 2.05) is 24.3 Å². The summed E-state index contributed by atoms with van der Waals surface area (Å²) in [4.78, 5) is 3.96. The Morgan fingerprint density at radius 1 is 1.29 bits per heavy atom. The molecule has 90 valence electrons. The highest BCUT2D eigenvalue weighted by atomic mass is 16.3. The third kappa shape index (κ3) is 3.69. The Morgan fingerprint density at radius 2 is 2.12 bits per heavy atom. The Labute approximate surface area is 101 Å². The maximum atomic E-state index is 5.99. The number of nitrogens with two attached hydrogens (primary N) is 1. The number of nitrogens with one attached hydrogen (secondary N) is 1. The van der Waals surface area contributed by atoms with Gasteiger partial charge in [-0.1, -0.05) is 0 Å². The summed E-state index contributed by atoms with van der Waals surface area (Å²) in [6.45, 7) is 0.865. The van der Waals surface area contributed by atoms with E-state index >= 15 is 0 Å². The van der Waals surface area contributed by atoms with Gasteiger partial charge in [-0.15, -0.1) is 0 Å². The second-order valence-electron chi connectivity index (χ2n) is 3.90. The Morgan fingerprint density at radius 3 is 2.82 bits per heavy atom. The van der Waals surface area contributed by atoms with Crippen LogP contribution in [0.2, 0.25) is 0 Å². The van der Waals surface area contributed by atoms with E-state index in [4.69, 9.17) is 10.2 Å². The number of furan rings is 1. The van der Waals surface area contributed by atoms with Gasteiger partial charge < -0.3 is 10.2 Å². The minimum absolute atomic E-state index is 0.130. The molecule has 4 heteroatoms. The fraction of sp³-hybridized carbons (Fsp3) is 0.308. The van der Waals surface area contributed by atoms with E-state index < -0.39 is 0 Å². The number of hydrogen-bond donors (Lipinski definition) is 2. The van der Waals surface area contributed by atoms with Crippen molar-refractivity contribution in [1.82, 2.24) is 10.3 Å². The smallest absolute Gasteiger partial charge is 0.103 e. The lowest BCUT2D eigenvalue weighted by atomic mass is 10.2. The van der Waals surface area contributed by atoms with Gasteiger partial charge in [0, 0.05) is 18.8 Å².